The summed E-state index contributed by atoms with van der Waals surface area (Å²) >= 11 is 1.98. The lowest BCUT2D eigenvalue weighted by Crippen LogP contribution is -2.07. The monoisotopic (exact) mass is 202 g/mol. The average molecular weight is 202 g/mol. The second-order valence-electron chi connectivity index (χ2n) is 3.82. The summed E-state index contributed by atoms with van der Waals surface area (Å²) in [6.45, 7) is 8.69. The van der Waals surface area contributed by atoms with E-state index >= 15 is 0 Å². The Balaban J connectivity index is 3.30. The van der Waals surface area contributed by atoms with Gasteiger partial charge in [0.1, 0.15) is 5.78 Å². The topological polar surface area (TPSA) is 17.1 Å². The van der Waals surface area contributed by atoms with Crippen LogP contribution in [0.1, 0.15) is 47.0 Å². The van der Waals surface area contributed by atoms with Gasteiger partial charge in [-0.2, -0.15) is 11.8 Å². The van der Waals surface area contributed by atoms with Gasteiger partial charge in [0.15, 0.2) is 0 Å². The van der Waals surface area contributed by atoms with Crippen molar-refractivity contribution in [3.8, 4) is 0 Å². The molecule has 0 aliphatic rings. The molecule has 13 heavy (non-hydrogen) atoms. The number of carbonyl (C=O) groups is 1. The van der Waals surface area contributed by atoms with Crippen LogP contribution in [0, 0.1) is 5.92 Å². The molecule has 0 aromatic rings. The van der Waals surface area contributed by atoms with Crippen molar-refractivity contribution in [3.05, 3.63) is 0 Å². The number of carbonyl (C=O) groups excluding carboxylic acids is 1. The lowest BCUT2D eigenvalue weighted by Gasteiger charge is -2.14. The molecule has 0 aliphatic carbocycles. The van der Waals surface area contributed by atoms with Gasteiger partial charge in [-0.15, -0.1) is 0 Å². The van der Waals surface area contributed by atoms with E-state index in [0.29, 0.717) is 12.2 Å². The van der Waals surface area contributed by atoms with E-state index in [2.05, 4.69) is 20.8 Å². The summed E-state index contributed by atoms with van der Waals surface area (Å²) in [7, 11) is 0. The smallest absolute Gasteiger partial charge is 0.132 e. The van der Waals surface area contributed by atoms with Gasteiger partial charge in [0.25, 0.3) is 0 Å². The number of hydrogen-bond donors (Lipinski definition) is 0. The number of Topliss-reactive ketones (excluding diaryl/α,β-unsaturated/α-hetero) is 1. The summed E-state index contributed by atoms with van der Waals surface area (Å²) < 4.78 is 0. The molecule has 0 saturated heterocycles. The number of thioether (sulfide) groups is 1. The highest BCUT2D eigenvalue weighted by atomic mass is 32.2. The minimum atomic E-state index is 0.401. The van der Waals surface area contributed by atoms with E-state index in [9.17, 15) is 4.79 Å². The largest absolute Gasteiger partial charge is 0.300 e. The Bertz CT molecular complexity index is 143. The first kappa shape index (κ1) is 13.0. The zero-order valence-electron chi connectivity index (χ0n) is 9.30. The Morgan fingerprint density at radius 3 is 2.38 bits per heavy atom. The fourth-order valence-corrected chi connectivity index (χ4v) is 1.98. The second-order valence-corrected chi connectivity index (χ2v) is 5.30. The van der Waals surface area contributed by atoms with Gasteiger partial charge in [-0.3, -0.25) is 4.79 Å². The van der Waals surface area contributed by atoms with E-state index in [1.165, 1.54) is 0 Å². The van der Waals surface area contributed by atoms with E-state index in [4.69, 9.17) is 0 Å². The van der Waals surface area contributed by atoms with Crippen molar-refractivity contribution in [1.82, 2.24) is 0 Å². The van der Waals surface area contributed by atoms with Crippen LogP contribution < -0.4 is 0 Å². The van der Waals surface area contributed by atoms with Gasteiger partial charge in [-0.1, -0.05) is 27.7 Å². The van der Waals surface area contributed by atoms with E-state index in [1.807, 2.05) is 18.7 Å². The van der Waals surface area contributed by atoms with Crippen molar-refractivity contribution in [2.24, 2.45) is 5.92 Å². The highest BCUT2D eigenvalue weighted by molar-refractivity contribution is 7.99. The Morgan fingerprint density at radius 2 is 1.92 bits per heavy atom. The molecule has 0 aliphatic heterocycles. The lowest BCUT2D eigenvalue weighted by molar-refractivity contribution is -0.118. The van der Waals surface area contributed by atoms with Crippen LogP contribution in [0.5, 0.6) is 0 Å². The van der Waals surface area contributed by atoms with Gasteiger partial charge in [0, 0.05) is 18.1 Å². The number of rotatable bonds is 7. The summed E-state index contributed by atoms with van der Waals surface area (Å²) in [4.78, 5) is 11.0. The van der Waals surface area contributed by atoms with Crippen molar-refractivity contribution in [3.63, 3.8) is 0 Å². The van der Waals surface area contributed by atoms with Crippen LogP contribution >= 0.6 is 11.8 Å². The van der Waals surface area contributed by atoms with Crippen molar-refractivity contribution in [2.45, 2.75) is 52.2 Å². The number of hydrogen-bond acceptors (Lipinski definition) is 2. The van der Waals surface area contributed by atoms with Crippen LogP contribution in [0.2, 0.25) is 0 Å². The Hall–Kier alpha value is 0.0200. The molecule has 1 atom stereocenters. The predicted octanol–water partition coefficient (Wildman–Crippen LogP) is 3.52. The molecule has 0 rings (SSSR count). The molecule has 0 aromatic carbocycles. The predicted molar refractivity (Wildman–Crippen MR) is 61.3 cm³/mol. The van der Waals surface area contributed by atoms with E-state index in [0.717, 1.165) is 29.8 Å². The van der Waals surface area contributed by atoms with Gasteiger partial charge in [-0.05, 0) is 18.1 Å². The highest BCUT2D eigenvalue weighted by Crippen LogP contribution is 2.19. The maximum atomic E-state index is 11.0. The fourth-order valence-electron chi connectivity index (χ4n) is 0.908. The number of ketones is 1. The van der Waals surface area contributed by atoms with Crippen LogP contribution in [0.25, 0.3) is 0 Å². The molecule has 0 bridgehead atoms. The first-order valence-electron chi connectivity index (χ1n) is 5.21. The van der Waals surface area contributed by atoms with Crippen molar-refractivity contribution >= 4 is 17.5 Å². The van der Waals surface area contributed by atoms with Gasteiger partial charge < -0.3 is 0 Å². The average Bonchev–Trinajstić information content (AvgIpc) is 2.11. The highest BCUT2D eigenvalue weighted by Gasteiger charge is 2.07. The van der Waals surface area contributed by atoms with Crippen LogP contribution in [-0.4, -0.2) is 16.8 Å². The van der Waals surface area contributed by atoms with Crippen LogP contribution in [0.3, 0.4) is 0 Å². The Kier molecular flexibility index (Phi) is 7.44. The van der Waals surface area contributed by atoms with Gasteiger partial charge >= 0.3 is 0 Å². The molecule has 0 spiro atoms. The normalized spacial score (nSPS) is 13.3. The third-order valence-electron chi connectivity index (χ3n) is 2.31. The van der Waals surface area contributed by atoms with Crippen LogP contribution in [0.15, 0.2) is 0 Å². The van der Waals surface area contributed by atoms with E-state index in [-0.39, 0.29) is 0 Å². The SMILES string of the molecule is CCC(=O)CCCSC(C)C(C)C. The third kappa shape index (κ3) is 7.12. The minimum Gasteiger partial charge on any atom is -0.300 e. The minimum absolute atomic E-state index is 0.401. The zero-order valence-corrected chi connectivity index (χ0v) is 10.1. The summed E-state index contributed by atoms with van der Waals surface area (Å²) in [6.07, 6.45) is 2.52. The molecule has 0 saturated carbocycles. The quantitative estimate of drug-likeness (QED) is 0.588. The zero-order chi connectivity index (χ0) is 10.3. The lowest BCUT2D eigenvalue weighted by atomic mass is 10.2. The summed E-state index contributed by atoms with van der Waals surface area (Å²) in [5, 5.41) is 0.719. The van der Waals surface area contributed by atoms with Gasteiger partial charge in [0.05, 0.1) is 0 Å². The summed E-state index contributed by atoms with van der Waals surface area (Å²) in [6, 6.07) is 0. The van der Waals surface area contributed by atoms with Gasteiger partial charge in [0.2, 0.25) is 0 Å². The fraction of sp³-hybridized carbons (Fsp3) is 0.909. The molecular formula is C11H22OS. The van der Waals surface area contributed by atoms with Crippen molar-refractivity contribution in [2.75, 3.05) is 5.75 Å². The molecule has 0 fully saturated rings. The molecule has 2 heteroatoms. The summed E-state index contributed by atoms with van der Waals surface area (Å²) in [5.41, 5.74) is 0. The molecule has 0 amide bonds. The molecular weight excluding hydrogens is 180 g/mol. The van der Waals surface area contributed by atoms with E-state index in [1.54, 1.807) is 0 Å². The first-order valence-corrected chi connectivity index (χ1v) is 6.26. The van der Waals surface area contributed by atoms with Crippen LogP contribution in [0.4, 0.5) is 0 Å². The maximum Gasteiger partial charge on any atom is 0.132 e. The molecule has 0 aromatic heterocycles. The Morgan fingerprint density at radius 1 is 1.31 bits per heavy atom. The molecule has 0 heterocycles. The Labute approximate surface area is 86.7 Å². The maximum absolute atomic E-state index is 11.0. The first-order chi connectivity index (χ1) is 6.07. The third-order valence-corrected chi connectivity index (χ3v) is 3.91. The van der Waals surface area contributed by atoms with Gasteiger partial charge in [-0.25, -0.2) is 0 Å². The van der Waals surface area contributed by atoms with Crippen molar-refractivity contribution < 1.29 is 4.79 Å². The molecule has 1 nitrogen and oxygen atoms in total. The second kappa shape index (κ2) is 7.43. The molecule has 1 unspecified atom stereocenters. The molecule has 0 N–H and O–H groups in total. The van der Waals surface area contributed by atoms with Crippen molar-refractivity contribution in [1.29, 1.82) is 0 Å². The summed E-state index contributed by atoms with van der Waals surface area (Å²) in [5.74, 6) is 2.27. The molecule has 78 valence electrons. The van der Waals surface area contributed by atoms with Crippen LogP contribution in [-0.2, 0) is 4.79 Å². The standard InChI is InChI=1S/C11H22OS/c1-5-11(12)7-6-8-13-10(4)9(2)3/h9-10H,5-8H2,1-4H3. The van der Waals surface area contributed by atoms with E-state index < -0.39 is 0 Å². The molecule has 0 radical (unpaired) electrons.